The molecular weight excluding hydrogens is 368 g/mol. The van der Waals surface area contributed by atoms with Crippen molar-refractivity contribution in [1.29, 1.82) is 0 Å². The predicted molar refractivity (Wildman–Crippen MR) is 112 cm³/mol. The van der Waals surface area contributed by atoms with Gasteiger partial charge in [0.2, 0.25) is 5.91 Å². The number of anilines is 1. The third-order valence-electron chi connectivity index (χ3n) is 4.62. The lowest BCUT2D eigenvalue weighted by Gasteiger charge is -2.15. The first kappa shape index (κ1) is 20.3. The molecule has 2 amide bonds. The number of nitrogens with zero attached hydrogens (tertiary/aromatic N) is 1. The van der Waals surface area contributed by atoms with Crippen molar-refractivity contribution in [3.05, 3.63) is 65.7 Å². The highest BCUT2D eigenvalue weighted by Gasteiger charge is 2.18. The number of carbonyl (C=O) groups is 3. The van der Waals surface area contributed by atoms with Gasteiger partial charge >= 0.3 is 0 Å². The van der Waals surface area contributed by atoms with Crippen LogP contribution in [0.5, 0.6) is 5.75 Å². The summed E-state index contributed by atoms with van der Waals surface area (Å²) in [6, 6.07) is 14.0. The lowest BCUT2D eigenvalue weighted by molar-refractivity contribution is -0.132. The SMILES string of the molecule is CC(=O)Nc1ccc(/C=C/C(=O)c2ccc(OCC(=O)N3CCCC3)cc2)cc1. The van der Waals surface area contributed by atoms with Crippen LogP contribution in [0.4, 0.5) is 5.69 Å². The predicted octanol–water partition coefficient (Wildman–Crippen LogP) is 3.54. The van der Waals surface area contributed by atoms with Crippen molar-refractivity contribution >= 4 is 29.4 Å². The molecule has 1 fully saturated rings. The molecule has 0 radical (unpaired) electrons. The molecule has 2 aromatic carbocycles. The average molecular weight is 392 g/mol. The molecule has 1 N–H and O–H groups in total. The second-order valence-electron chi connectivity index (χ2n) is 6.90. The standard InChI is InChI=1S/C23H24N2O4/c1-17(26)24-20-9-4-18(5-10-20)6-13-22(27)19-7-11-21(12-8-19)29-16-23(28)25-14-2-3-15-25/h4-13H,2-3,14-16H2,1H3,(H,24,26)/b13-6+. The highest BCUT2D eigenvalue weighted by Crippen LogP contribution is 2.15. The second-order valence-corrected chi connectivity index (χ2v) is 6.90. The third-order valence-corrected chi connectivity index (χ3v) is 4.62. The van der Waals surface area contributed by atoms with Crippen molar-refractivity contribution in [1.82, 2.24) is 4.90 Å². The molecule has 0 atom stereocenters. The minimum Gasteiger partial charge on any atom is -0.484 e. The van der Waals surface area contributed by atoms with Crippen LogP contribution in [0.25, 0.3) is 6.08 Å². The van der Waals surface area contributed by atoms with Gasteiger partial charge in [0.15, 0.2) is 12.4 Å². The Bertz CT molecular complexity index is 895. The zero-order valence-corrected chi connectivity index (χ0v) is 16.4. The van der Waals surface area contributed by atoms with E-state index in [1.165, 1.54) is 13.0 Å². The van der Waals surface area contributed by atoms with Crippen LogP contribution in [-0.4, -0.2) is 42.2 Å². The van der Waals surface area contributed by atoms with Crippen LogP contribution in [0.15, 0.2) is 54.6 Å². The van der Waals surface area contributed by atoms with Crippen molar-refractivity contribution in [2.45, 2.75) is 19.8 Å². The van der Waals surface area contributed by atoms with E-state index >= 15 is 0 Å². The first-order valence-electron chi connectivity index (χ1n) is 9.62. The van der Waals surface area contributed by atoms with Gasteiger partial charge in [-0.3, -0.25) is 14.4 Å². The Morgan fingerprint density at radius 3 is 2.28 bits per heavy atom. The molecule has 0 unspecified atom stereocenters. The maximum Gasteiger partial charge on any atom is 0.260 e. The van der Waals surface area contributed by atoms with Gasteiger partial charge in [0.25, 0.3) is 5.91 Å². The first-order chi connectivity index (χ1) is 14.0. The Morgan fingerprint density at radius 2 is 1.66 bits per heavy atom. The number of rotatable bonds is 7. The third kappa shape index (κ3) is 6.04. The molecule has 0 aliphatic carbocycles. The molecule has 1 saturated heterocycles. The first-order valence-corrected chi connectivity index (χ1v) is 9.62. The van der Waals surface area contributed by atoms with Gasteiger partial charge in [0.1, 0.15) is 5.75 Å². The van der Waals surface area contributed by atoms with E-state index in [0.717, 1.165) is 31.5 Å². The van der Waals surface area contributed by atoms with Crippen LogP contribution in [-0.2, 0) is 9.59 Å². The topological polar surface area (TPSA) is 75.7 Å². The summed E-state index contributed by atoms with van der Waals surface area (Å²) in [4.78, 5) is 37.2. The molecule has 150 valence electrons. The van der Waals surface area contributed by atoms with Gasteiger partial charge in [0.05, 0.1) is 0 Å². The van der Waals surface area contributed by atoms with E-state index in [1.54, 1.807) is 42.5 Å². The molecule has 2 aromatic rings. The largest absolute Gasteiger partial charge is 0.484 e. The number of ether oxygens (including phenoxy) is 1. The summed E-state index contributed by atoms with van der Waals surface area (Å²) < 4.78 is 5.53. The normalized spacial score (nSPS) is 13.5. The fourth-order valence-electron chi connectivity index (χ4n) is 3.07. The fraction of sp³-hybridized carbons (Fsp3) is 0.261. The van der Waals surface area contributed by atoms with Crippen LogP contribution in [0.1, 0.15) is 35.7 Å². The van der Waals surface area contributed by atoms with Gasteiger partial charge in [-0.25, -0.2) is 0 Å². The summed E-state index contributed by atoms with van der Waals surface area (Å²) in [5.41, 5.74) is 2.10. The molecule has 1 aliphatic rings. The molecule has 0 bridgehead atoms. The maximum absolute atomic E-state index is 12.3. The maximum atomic E-state index is 12.3. The van der Waals surface area contributed by atoms with Gasteiger partial charge < -0.3 is 15.0 Å². The summed E-state index contributed by atoms with van der Waals surface area (Å²) in [5.74, 6) is 0.300. The minimum absolute atomic E-state index is 0.00453. The van der Waals surface area contributed by atoms with E-state index in [1.807, 2.05) is 17.0 Å². The molecule has 6 heteroatoms. The summed E-state index contributed by atoms with van der Waals surface area (Å²) >= 11 is 0. The van der Waals surface area contributed by atoms with E-state index in [9.17, 15) is 14.4 Å². The zero-order valence-electron chi connectivity index (χ0n) is 16.4. The minimum atomic E-state index is -0.129. The van der Waals surface area contributed by atoms with E-state index < -0.39 is 0 Å². The highest BCUT2D eigenvalue weighted by atomic mass is 16.5. The lowest BCUT2D eigenvalue weighted by Crippen LogP contribution is -2.32. The number of ketones is 1. The highest BCUT2D eigenvalue weighted by molar-refractivity contribution is 6.06. The Morgan fingerprint density at radius 1 is 1.00 bits per heavy atom. The number of carbonyl (C=O) groups excluding carboxylic acids is 3. The summed E-state index contributed by atoms with van der Waals surface area (Å²) in [6.45, 7) is 3.08. The van der Waals surface area contributed by atoms with Crippen molar-refractivity contribution in [2.75, 3.05) is 25.0 Å². The molecule has 0 aromatic heterocycles. The zero-order chi connectivity index (χ0) is 20.6. The number of hydrogen-bond acceptors (Lipinski definition) is 4. The Kier molecular flexibility index (Phi) is 6.79. The van der Waals surface area contributed by atoms with Gasteiger partial charge in [-0.1, -0.05) is 18.2 Å². The molecule has 6 nitrogen and oxygen atoms in total. The summed E-state index contributed by atoms with van der Waals surface area (Å²) in [7, 11) is 0. The van der Waals surface area contributed by atoms with Gasteiger partial charge in [-0.05, 0) is 60.9 Å². The van der Waals surface area contributed by atoms with E-state index in [2.05, 4.69) is 5.32 Å². The molecular formula is C23H24N2O4. The van der Waals surface area contributed by atoms with E-state index in [0.29, 0.717) is 17.0 Å². The molecule has 1 aliphatic heterocycles. The Hall–Kier alpha value is -3.41. The van der Waals surface area contributed by atoms with Crippen LogP contribution in [0.2, 0.25) is 0 Å². The van der Waals surface area contributed by atoms with Crippen LogP contribution in [0, 0.1) is 0 Å². The average Bonchev–Trinajstić information content (AvgIpc) is 3.26. The molecule has 29 heavy (non-hydrogen) atoms. The number of hydrogen-bond donors (Lipinski definition) is 1. The molecule has 3 rings (SSSR count). The molecule has 0 spiro atoms. The van der Waals surface area contributed by atoms with Crippen molar-refractivity contribution in [3.8, 4) is 5.75 Å². The van der Waals surface area contributed by atoms with Gasteiger partial charge in [-0.15, -0.1) is 0 Å². The van der Waals surface area contributed by atoms with Crippen LogP contribution >= 0.6 is 0 Å². The quantitative estimate of drug-likeness (QED) is 0.578. The Labute approximate surface area is 170 Å². The number of allylic oxidation sites excluding steroid dienone is 1. The molecule has 0 saturated carbocycles. The monoisotopic (exact) mass is 392 g/mol. The second kappa shape index (κ2) is 9.68. The number of nitrogens with one attached hydrogen (secondary N) is 1. The smallest absolute Gasteiger partial charge is 0.260 e. The fourth-order valence-corrected chi connectivity index (χ4v) is 3.07. The van der Waals surface area contributed by atoms with Crippen molar-refractivity contribution < 1.29 is 19.1 Å². The van der Waals surface area contributed by atoms with Gasteiger partial charge in [-0.2, -0.15) is 0 Å². The lowest BCUT2D eigenvalue weighted by atomic mass is 10.1. The van der Waals surface area contributed by atoms with E-state index in [4.69, 9.17) is 4.74 Å². The number of likely N-dealkylation sites (tertiary alicyclic amines) is 1. The van der Waals surface area contributed by atoms with E-state index in [-0.39, 0.29) is 24.2 Å². The van der Waals surface area contributed by atoms with Crippen molar-refractivity contribution in [2.24, 2.45) is 0 Å². The van der Waals surface area contributed by atoms with Crippen LogP contribution in [0.3, 0.4) is 0 Å². The van der Waals surface area contributed by atoms with Gasteiger partial charge in [0, 0.05) is 31.3 Å². The summed E-state index contributed by atoms with van der Waals surface area (Å²) in [6.07, 6.45) is 5.32. The van der Waals surface area contributed by atoms with Crippen molar-refractivity contribution in [3.63, 3.8) is 0 Å². The summed E-state index contributed by atoms with van der Waals surface area (Å²) in [5, 5.41) is 2.70. The molecule has 1 heterocycles. The Balaban J connectivity index is 1.52. The number of amides is 2. The van der Waals surface area contributed by atoms with Crippen LogP contribution < -0.4 is 10.1 Å². The number of benzene rings is 2.